The number of carboxylic acids is 1. The number of hydrogen-bond acceptors (Lipinski definition) is 3. The Kier molecular flexibility index (Phi) is 8.47. The maximum atomic E-state index is 11.9. The molecule has 0 aromatic heterocycles. The lowest BCUT2D eigenvalue weighted by molar-refractivity contribution is 0.0495. The van der Waals surface area contributed by atoms with Crippen molar-refractivity contribution in [2.24, 2.45) is 17.8 Å². The molecular weight excluding hydrogens is 412 g/mol. The molecule has 0 fully saturated rings. The lowest BCUT2D eigenvalue weighted by Gasteiger charge is -2.38. The molecule has 0 saturated heterocycles. The van der Waals surface area contributed by atoms with Gasteiger partial charge in [0.2, 0.25) is 0 Å². The summed E-state index contributed by atoms with van der Waals surface area (Å²) in [4.78, 5) is 11.9. The lowest BCUT2D eigenvalue weighted by Crippen LogP contribution is -2.37. The molecule has 1 heterocycles. The van der Waals surface area contributed by atoms with Crippen molar-refractivity contribution in [1.82, 2.24) is 0 Å². The highest BCUT2D eigenvalue weighted by molar-refractivity contribution is 5.94. The van der Waals surface area contributed by atoms with Crippen LogP contribution in [0.25, 0.3) is 0 Å². The zero-order valence-corrected chi connectivity index (χ0v) is 21.7. The van der Waals surface area contributed by atoms with Gasteiger partial charge in [0.25, 0.3) is 0 Å². The van der Waals surface area contributed by atoms with Crippen LogP contribution in [-0.2, 0) is 6.42 Å². The molecule has 0 unspecified atom stereocenters. The van der Waals surface area contributed by atoms with Crippen molar-refractivity contribution in [3.63, 3.8) is 0 Å². The monoisotopic (exact) mass is 463 g/mol. The number of phenols is 1. The molecule has 4 heteroatoms. The van der Waals surface area contributed by atoms with Crippen molar-refractivity contribution < 1.29 is 23.9 Å². The molecule has 0 amide bonds. The van der Waals surface area contributed by atoms with Gasteiger partial charge in [0, 0.05) is 9.68 Å². The number of rotatable bonds is 13. The first-order valence-electron chi connectivity index (χ1n) is 14.5. The van der Waals surface area contributed by atoms with E-state index >= 15 is 0 Å². The maximum Gasteiger partial charge on any atom is 0.339 e. The van der Waals surface area contributed by atoms with Crippen LogP contribution in [0.3, 0.4) is 0 Å². The molecule has 188 valence electrons. The molecule has 2 rings (SSSR count). The first-order valence-corrected chi connectivity index (χ1v) is 13.0. The van der Waals surface area contributed by atoms with E-state index in [2.05, 4.69) is 27.7 Å². The Hall–Kier alpha value is -1.71. The summed E-state index contributed by atoms with van der Waals surface area (Å²) in [7, 11) is 0. The summed E-state index contributed by atoms with van der Waals surface area (Å²) in [5.74, 6) is 0.568. The predicted molar refractivity (Wildman–Crippen MR) is 137 cm³/mol. The van der Waals surface area contributed by atoms with Gasteiger partial charge in [0.15, 0.2) is 0 Å². The summed E-state index contributed by atoms with van der Waals surface area (Å²) >= 11 is 0. The van der Waals surface area contributed by atoms with Crippen LogP contribution in [0.5, 0.6) is 11.5 Å². The minimum atomic E-state index is -2.63. The van der Waals surface area contributed by atoms with Gasteiger partial charge in [0.1, 0.15) is 22.7 Å². The van der Waals surface area contributed by atoms with Crippen LogP contribution in [0.1, 0.15) is 130 Å². The number of hydrogen-bond donors (Lipinski definition) is 2. The SMILES string of the molecule is [2H]C([2H])([2H])c1c(C)c2c(c(C(=O)O)c1O)CC[C@@](C)(CCC[C@H](C)CCC[C@H](C)CCCC(C)C)O2. The molecule has 1 aromatic rings. The average Bonchev–Trinajstić information content (AvgIpc) is 2.73. The second-order valence-corrected chi connectivity index (χ2v) is 11.2. The average molecular weight is 464 g/mol. The fourth-order valence-electron chi connectivity index (χ4n) is 5.17. The van der Waals surface area contributed by atoms with Crippen molar-refractivity contribution in [1.29, 1.82) is 0 Å². The maximum absolute atomic E-state index is 11.9. The van der Waals surface area contributed by atoms with E-state index in [1.165, 1.54) is 38.5 Å². The van der Waals surface area contributed by atoms with Gasteiger partial charge in [-0.05, 0) is 75.3 Å². The normalized spacial score (nSPS) is 21.5. The molecular formula is C29H48O4. The minimum Gasteiger partial charge on any atom is -0.507 e. The molecule has 1 aliphatic heterocycles. The van der Waals surface area contributed by atoms with E-state index in [1.54, 1.807) is 6.92 Å². The molecule has 2 N–H and O–H groups in total. The van der Waals surface area contributed by atoms with E-state index in [0.717, 1.165) is 31.1 Å². The molecule has 0 saturated carbocycles. The third kappa shape index (κ3) is 7.65. The first-order chi connectivity index (χ1) is 16.7. The summed E-state index contributed by atoms with van der Waals surface area (Å²) in [6.07, 6.45) is 11.8. The van der Waals surface area contributed by atoms with Crippen molar-refractivity contribution in [2.75, 3.05) is 0 Å². The number of carboxylic acid groups (broad SMARTS) is 1. The molecule has 1 aromatic carbocycles. The number of ether oxygens (including phenoxy) is 1. The van der Waals surface area contributed by atoms with Gasteiger partial charge in [-0.25, -0.2) is 4.79 Å². The fourth-order valence-corrected chi connectivity index (χ4v) is 5.17. The Balaban J connectivity index is 1.95. The van der Waals surface area contributed by atoms with Gasteiger partial charge in [-0.1, -0.05) is 72.6 Å². The molecule has 0 bridgehead atoms. The quantitative estimate of drug-likeness (QED) is 0.309. The number of fused-ring (bicyclic) bond motifs is 1. The van der Waals surface area contributed by atoms with Gasteiger partial charge in [-0.2, -0.15) is 0 Å². The molecule has 0 aliphatic carbocycles. The molecule has 3 atom stereocenters. The van der Waals surface area contributed by atoms with Crippen LogP contribution in [0.15, 0.2) is 0 Å². The highest BCUT2D eigenvalue weighted by Crippen LogP contribution is 2.45. The largest absolute Gasteiger partial charge is 0.507 e. The Morgan fingerprint density at radius 1 is 1.03 bits per heavy atom. The number of benzene rings is 1. The van der Waals surface area contributed by atoms with Gasteiger partial charge >= 0.3 is 5.97 Å². The van der Waals surface area contributed by atoms with Crippen LogP contribution in [0.4, 0.5) is 0 Å². The third-order valence-electron chi connectivity index (χ3n) is 7.51. The smallest absolute Gasteiger partial charge is 0.339 e. The Labute approximate surface area is 206 Å². The zero-order valence-electron chi connectivity index (χ0n) is 24.7. The van der Waals surface area contributed by atoms with Crippen molar-refractivity contribution in [3.05, 3.63) is 22.3 Å². The summed E-state index contributed by atoms with van der Waals surface area (Å²) in [5, 5.41) is 20.2. The van der Waals surface area contributed by atoms with E-state index in [1.807, 2.05) is 6.92 Å². The molecule has 33 heavy (non-hydrogen) atoms. The van der Waals surface area contributed by atoms with Gasteiger partial charge < -0.3 is 14.9 Å². The van der Waals surface area contributed by atoms with Crippen LogP contribution < -0.4 is 4.74 Å². The molecule has 0 spiro atoms. The van der Waals surface area contributed by atoms with E-state index < -0.39 is 24.2 Å². The summed E-state index contributed by atoms with van der Waals surface area (Å²) in [5.41, 5.74) is -0.430. The minimum absolute atomic E-state index is 0.314. The molecule has 4 nitrogen and oxygen atoms in total. The van der Waals surface area contributed by atoms with Crippen LogP contribution in [-0.4, -0.2) is 21.8 Å². The van der Waals surface area contributed by atoms with Crippen LogP contribution in [0, 0.1) is 31.5 Å². The number of aromatic carboxylic acids is 1. The van der Waals surface area contributed by atoms with E-state index in [0.29, 0.717) is 35.6 Å². The first kappa shape index (κ1) is 23.1. The van der Waals surface area contributed by atoms with Crippen molar-refractivity contribution in [2.45, 2.75) is 125 Å². The standard InChI is InChI=1S/C29H48O4/c1-19(2)11-8-12-20(3)13-9-14-21(4)15-10-17-29(7)18-16-24-25(28(31)32)26(30)22(5)23(6)27(24)33-29/h19-21,30H,8-18H2,1-7H3,(H,31,32)/t20-,21-,29-/m1/s1/i5D3. The Bertz CT molecular complexity index is 894. The lowest BCUT2D eigenvalue weighted by atomic mass is 9.83. The van der Waals surface area contributed by atoms with Gasteiger partial charge in [0.05, 0.1) is 0 Å². The van der Waals surface area contributed by atoms with Crippen molar-refractivity contribution in [3.8, 4) is 11.5 Å². The predicted octanol–water partition coefficient (Wildman–Crippen LogP) is 8.23. The van der Waals surface area contributed by atoms with E-state index in [-0.39, 0.29) is 11.1 Å². The van der Waals surface area contributed by atoms with Crippen LogP contribution >= 0.6 is 0 Å². The Morgan fingerprint density at radius 2 is 1.61 bits per heavy atom. The van der Waals surface area contributed by atoms with Gasteiger partial charge in [-0.15, -0.1) is 0 Å². The van der Waals surface area contributed by atoms with Crippen molar-refractivity contribution >= 4 is 5.97 Å². The van der Waals surface area contributed by atoms with Crippen LogP contribution in [0.2, 0.25) is 0 Å². The second kappa shape index (κ2) is 12.1. The third-order valence-corrected chi connectivity index (χ3v) is 7.51. The highest BCUT2D eigenvalue weighted by atomic mass is 16.5. The van der Waals surface area contributed by atoms with E-state index in [9.17, 15) is 15.0 Å². The zero-order chi connectivity index (χ0) is 27.3. The fraction of sp³-hybridized carbons (Fsp3) is 0.759. The summed E-state index contributed by atoms with van der Waals surface area (Å²) in [6, 6.07) is 0. The van der Waals surface area contributed by atoms with Gasteiger partial charge in [-0.3, -0.25) is 0 Å². The highest BCUT2D eigenvalue weighted by Gasteiger charge is 2.36. The topological polar surface area (TPSA) is 66.8 Å². The van der Waals surface area contributed by atoms with E-state index in [4.69, 9.17) is 8.85 Å². The molecule has 1 aliphatic rings. The Morgan fingerprint density at radius 3 is 2.15 bits per heavy atom. The second-order valence-electron chi connectivity index (χ2n) is 11.2. The number of carbonyl (C=O) groups is 1. The molecule has 0 radical (unpaired) electrons. The number of aromatic hydroxyl groups is 1. The summed E-state index contributed by atoms with van der Waals surface area (Å²) < 4.78 is 29.8. The summed E-state index contributed by atoms with van der Waals surface area (Å²) in [6.45, 7) is 10.3.